The Hall–Kier alpha value is -0.830. The molecule has 0 aromatic carbocycles. The Morgan fingerprint density at radius 2 is 2.00 bits per heavy atom. The maximum Gasteiger partial charge on any atom is 0.123 e. The summed E-state index contributed by atoms with van der Waals surface area (Å²) in [6, 6.07) is 0. The zero-order chi connectivity index (χ0) is 12.7. The monoisotopic (exact) mass is 237 g/mol. The lowest BCUT2D eigenvalue weighted by Gasteiger charge is -2.27. The van der Waals surface area contributed by atoms with E-state index in [1.165, 1.54) is 37.4 Å². The molecule has 0 saturated carbocycles. The van der Waals surface area contributed by atoms with Crippen molar-refractivity contribution in [1.29, 1.82) is 0 Å². The predicted molar refractivity (Wildman–Crippen MR) is 73.1 cm³/mol. The predicted octanol–water partition coefficient (Wildman–Crippen LogP) is 3.09. The van der Waals surface area contributed by atoms with Crippen molar-refractivity contribution in [3.63, 3.8) is 0 Å². The largest absolute Gasteiger partial charge is 0.332 e. The van der Waals surface area contributed by atoms with E-state index in [2.05, 4.69) is 34.5 Å². The number of aromatic nitrogens is 2. The summed E-state index contributed by atoms with van der Waals surface area (Å²) in [6.45, 7) is 13.0. The second-order valence-corrected chi connectivity index (χ2v) is 4.33. The minimum Gasteiger partial charge on any atom is -0.332 e. The van der Waals surface area contributed by atoms with Crippen LogP contribution in [0.5, 0.6) is 0 Å². The highest BCUT2D eigenvalue weighted by Gasteiger charge is 2.17. The summed E-state index contributed by atoms with van der Waals surface area (Å²) >= 11 is 0. The minimum absolute atomic E-state index is 1.04. The molecule has 0 unspecified atom stereocenters. The second-order valence-electron chi connectivity index (χ2n) is 4.33. The van der Waals surface area contributed by atoms with Gasteiger partial charge in [0.15, 0.2) is 0 Å². The average molecular weight is 237 g/mol. The zero-order valence-electron chi connectivity index (χ0n) is 11.9. The molecule has 1 aromatic heterocycles. The molecule has 0 radical (unpaired) electrons. The van der Waals surface area contributed by atoms with Crippen LogP contribution in [0.3, 0.4) is 0 Å². The van der Waals surface area contributed by atoms with Crippen LogP contribution in [0.15, 0.2) is 6.20 Å². The van der Waals surface area contributed by atoms with Crippen LogP contribution in [-0.4, -0.2) is 27.5 Å². The smallest absolute Gasteiger partial charge is 0.123 e. The summed E-state index contributed by atoms with van der Waals surface area (Å²) in [4.78, 5) is 7.17. The molecular weight excluding hydrogens is 210 g/mol. The van der Waals surface area contributed by atoms with Gasteiger partial charge in [0, 0.05) is 19.3 Å². The van der Waals surface area contributed by atoms with Crippen LogP contribution in [0.4, 0.5) is 0 Å². The fourth-order valence-electron chi connectivity index (χ4n) is 2.10. The average Bonchev–Trinajstić information content (AvgIpc) is 2.80. The van der Waals surface area contributed by atoms with Gasteiger partial charge in [-0.05, 0) is 19.4 Å². The summed E-state index contributed by atoms with van der Waals surface area (Å²) in [5.74, 6) is 1.26. The van der Waals surface area contributed by atoms with Crippen LogP contribution in [0, 0.1) is 0 Å². The molecule has 0 aliphatic carbocycles. The molecule has 0 amide bonds. The van der Waals surface area contributed by atoms with Crippen LogP contribution < -0.4 is 0 Å². The van der Waals surface area contributed by atoms with Gasteiger partial charge < -0.3 is 4.57 Å². The highest BCUT2D eigenvalue weighted by molar-refractivity contribution is 5.05. The quantitative estimate of drug-likeness (QED) is 0.802. The summed E-state index contributed by atoms with van der Waals surface area (Å²) in [5.41, 5.74) is 1.24. The van der Waals surface area contributed by atoms with Crippen LogP contribution in [-0.2, 0) is 19.5 Å². The molecule has 0 saturated heterocycles. The Morgan fingerprint density at radius 1 is 1.24 bits per heavy atom. The maximum atomic E-state index is 4.65. The third-order valence-corrected chi connectivity index (χ3v) is 3.12. The molecule has 0 spiro atoms. The first-order chi connectivity index (χ1) is 8.33. The van der Waals surface area contributed by atoms with Crippen LogP contribution in [0.25, 0.3) is 0 Å². The molecule has 17 heavy (non-hydrogen) atoms. The Kier molecular flexibility index (Phi) is 6.27. The third-order valence-electron chi connectivity index (χ3n) is 3.12. The third kappa shape index (κ3) is 3.84. The van der Waals surface area contributed by atoms with Crippen molar-refractivity contribution >= 4 is 0 Å². The van der Waals surface area contributed by atoms with Gasteiger partial charge in [-0.25, -0.2) is 4.98 Å². The van der Waals surface area contributed by atoms with E-state index >= 15 is 0 Å². The van der Waals surface area contributed by atoms with E-state index in [1.54, 1.807) is 0 Å². The molecule has 0 bridgehead atoms. The lowest BCUT2D eigenvalue weighted by molar-refractivity contribution is 0.214. The molecule has 2 rings (SSSR count). The molecule has 98 valence electrons. The van der Waals surface area contributed by atoms with Gasteiger partial charge in [0.05, 0.1) is 12.2 Å². The lowest BCUT2D eigenvalue weighted by atomic mass is 10.3. The fourth-order valence-corrected chi connectivity index (χ4v) is 2.10. The zero-order valence-corrected chi connectivity index (χ0v) is 11.9. The molecule has 2 heterocycles. The normalized spacial score (nSPS) is 15.1. The van der Waals surface area contributed by atoms with Crippen molar-refractivity contribution in [2.75, 3.05) is 13.1 Å². The van der Waals surface area contributed by atoms with Gasteiger partial charge in [0.2, 0.25) is 0 Å². The molecular formula is C14H27N3. The van der Waals surface area contributed by atoms with E-state index in [0.29, 0.717) is 0 Å². The number of nitrogens with zero attached hydrogens (tertiary/aromatic N) is 3. The molecule has 1 aliphatic rings. The van der Waals surface area contributed by atoms with Crippen LogP contribution in [0.1, 0.15) is 52.1 Å². The SMILES string of the molecule is CC.CCCCN1CCn2cc(CC)nc2C1. The van der Waals surface area contributed by atoms with E-state index in [4.69, 9.17) is 0 Å². The molecule has 0 atom stereocenters. The molecule has 3 heteroatoms. The van der Waals surface area contributed by atoms with Crippen molar-refractivity contribution < 1.29 is 0 Å². The van der Waals surface area contributed by atoms with E-state index in [9.17, 15) is 0 Å². The molecule has 0 fully saturated rings. The highest BCUT2D eigenvalue weighted by Crippen LogP contribution is 2.13. The van der Waals surface area contributed by atoms with Crippen molar-refractivity contribution in [3.05, 3.63) is 17.7 Å². The summed E-state index contributed by atoms with van der Waals surface area (Å²) in [6.07, 6.45) is 5.86. The number of unbranched alkanes of at least 4 members (excludes halogenated alkanes) is 1. The Bertz CT molecular complexity index is 317. The lowest BCUT2D eigenvalue weighted by Crippen LogP contribution is -2.34. The molecule has 1 aliphatic heterocycles. The van der Waals surface area contributed by atoms with Crippen LogP contribution >= 0.6 is 0 Å². The molecule has 3 nitrogen and oxygen atoms in total. The maximum absolute atomic E-state index is 4.65. The van der Waals surface area contributed by atoms with Crippen LogP contribution in [0.2, 0.25) is 0 Å². The Balaban J connectivity index is 0.000000686. The van der Waals surface area contributed by atoms with Gasteiger partial charge in [-0.3, -0.25) is 4.90 Å². The number of fused-ring (bicyclic) bond motifs is 1. The van der Waals surface area contributed by atoms with Crippen molar-refractivity contribution in [3.8, 4) is 0 Å². The van der Waals surface area contributed by atoms with Crippen molar-refractivity contribution in [2.24, 2.45) is 0 Å². The van der Waals surface area contributed by atoms with Gasteiger partial charge >= 0.3 is 0 Å². The standard InChI is InChI=1S/C12H21N3.C2H6/c1-3-5-6-14-7-8-15-9-11(4-2)13-12(15)10-14;1-2/h9H,3-8,10H2,1-2H3;1-2H3. The van der Waals surface area contributed by atoms with Crippen molar-refractivity contribution in [1.82, 2.24) is 14.5 Å². The highest BCUT2D eigenvalue weighted by atomic mass is 15.2. The minimum atomic E-state index is 1.04. The summed E-state index contributed by atoms with van der Waals surface area (Å²) in [5, 5.41) is 0. The number of hydrogen-bond donors (Lipinski definition) is 0. The first-order valence-electron chi connectivity index (χ1n) is 7.10. The number of rotatable bonds is 4. The number of hydrogen-bond acceptors (Lipinski definition) is 2. The summed E-state index contributed by atoms with van der Waals surface area (Å²) in [7, 11) is 0. The first-order valence-corrected chi connectivity index (χ1v) is 7.10. The number of imidazole rings is 1. The van der Waals surface area contributed by atoms with Crippen molar-refractivity contribution in [2.45, 2.75) is 60.0 Å². The summed E-state index contributed by atoms with van der Waals surface area (Å²) < 4.78 is 2.32. The van der Waals surface area contributed by atoms with E-state index in [-0.39, 0.29) is 0 Å². The first kappa shape index (κ1) is 14.2. The van der Waals surface area contributed by atoms with Gasteiger partial charge in [-0.1, -0.05) is 34.1 Å². The van der Waals surface area contributed by atoms with E-state index in [0.717, 1.165) is 19.5 Å². The molecule has 0 N–H and O–H groups in total. The van der Waals surface area contributed by atoms with Gasteiger partial charge in [-0.15, -0.1) is 0 Å². The van der Waals surface area contributed by atoms with E-state index in [1.807, 2.05) is 13.8 Å². The fraction of sp³-hybridized carbons (Fsp3) is 0.786. The van der Waals surface area contributed by atoms with Gasteiger partial charge in [-0.2, -0.15) is 0 Å². The molecule has 1 aromatic rings. The second kappa shape index (κ2) is 7.49. The Morgan fingerprint density at radius 3 is 2.65 bits per heavy atom. The topological polar surface area (TPSA) is 21.1 Å². The number of aryl methyl sites for hydroxylation is 1. The van der Waals surface area contributed by atoms with Gasteiger partial charge in [0.1, 0.15) is 5.82 Å². The van der Waals surface area contributed by atoms with E-state index < -0.39 is 0 Å². The van der Waals surface area contributed by atoms with Gasteiger partial charge in [0.25, 0.3) is 0 Å². The Labute approximate surface area is 106 Å².